The van der Waals surface area contributed by atoms with Crippen LogP contribution >= 0.6 is 0 Å². The van der Waals surface area contributed by atoms with Gasteiger partial charge in [-0.2, -0.15) is 5.10 Å². The number of para-hydroxylation sites is 1. The van der Waals surface area contributed by atoms with Crippen molar-refractivity contribution < 1.29 is 9.53 Å². The van der Waals surface area contributed by atoms with Crippen molar-refractivity contribution >= 4 is 11.7 Å². The second-order valence-electron chi connectivity index (χ2n) is 4.39. The van der Waals surface area contributed by atoms with Crippen molar-refractivity contribution in [3.05, 3.63) is 41.6 Å². The lowest BCUT2D eigenvalue weighted by atomic mass is 10.2. The van der Waals surface area contributed by atoms with E-state index in [9.17, 15) is 4.79 Å². The van der Waals surface area contributed by atoms with Gasteiger partial charge >= 0.3 is 0 Å². The molecule has 98 valence electrons. The smallest absolute Gasteiger partial charge is 0.272 e. The van der Waals surface area contributed by atoms with Gasteiger partial charge in [-0.05, 0) is 6.07 Å². The van der Waals surface area contributed by atoms with Crippen LogP contribution in [0, 0.1) is 0 Å². The van der Waals surface area contributed by atoms with E-state index in [1.54, 1.807) is 11.0 Å². The Balaban J connectivity index is 1.84. The first-order valence-electron chi connectivity index (χ1n) is 6.05. The third-order valence-electron chi connectivity index (χ3n) is 3.07. The van der Waals surface area contributed by atoms with E-state index >= 15 is 0 Å². The van der Waals surface area contributed by atoms with E-state index in [2.05, 4.69) is 10.2 Å². The molecule has 1 aromatic heterocycles. The van der Waals surface area contributed by atoms with Crippen LogP contribution in [0.2, 0.25) is 0 Å². The van der Waals surface area contributed by atoms with Gasteiger partial charge in [-0.25, -0.2) is 0 Å². The number of rotatable bonds is 1. The molecule has 0 atom stereocenters. The summed E-state index contributed by atoms with van der Waals surface area (Å²) in [6, 6.07) is 9.27. The largest absolute Gasteiger partial charge is 0.491 e. The highest BCUT2D eigenvalue weighted by Gasteiger charge is 2.21. The van der Waals surface area contributed by atoms with E-state index < -0.39 is 0 Å². The lowest BCUT2D eigenvalue weighted by Crippen LogP contribution is -2.32. The van der Waals surface area contributed by atoms with E-state index in [0.717, 1.165) is 11.3 Å². The topological polar surface area (TPSA) is 84.2 Å². The molecule has 0 saturated heterocycles. The molecule has 1 amide bonds. The van der Waals surface area contributed by atoms with Gasteiger partial charge in [0.1, 0.15) is 23.9 Å². The minimum Gasteiger partial charge on any atom is -0.491 e. The zero-order valence-corrected chi connectivity index (χ0v) is 10.3. The molecule has 0 bridgehead atoms. The fourth-order valence-electron chi connectivity index (χ4n) is 2.12. The summed E-state index contributed by atoms with van der Waals surface area (Å²) in [5.74, 6) is 1.03. The fraction of sp³-hybridized carbons (Fsp3) is 0.231. The van der Waals surface area contributed by atoms with Gasteiger partial charge in [0.25, 0.3) is 5.91 Å². The quantitative estimate of drug-likeness (QED) is 0.800. The Morgan fingerprint density at radius 2 is 2.26 bits per heavy atom. The second-order valence-corrected chi connectivity index (χ2v) is 4.39. The van der Waals surface area contributed by atoms with Crippen molar-refractivity contribution in [1.29, 1.82) is 0 Å². The number of H-pyrrole nitrogens is 1. The van der Waals surface area contributed by atoms with Crippen LogP contribution in [0.5, 0.6) is 5.75 Å². The molecular formula is C13H14N4O2. The van der Waals surface area contributed by atoms with Crippen LogP contribution in [0.4, 0.5) is 5.82 Å². The van der Waals surface area contributed by atoms with Gasteiger partial charge in [-0.1, -0.05) is 18.2 Å². The van der Waals surface area contributed by atoms with Crippen molar-refractivity contribution in [2.75, 3.05) is 18.9 Å². The Hall–Kier alpha value is -2.50. The highest BCUT2D eigenvalue weighted by Crippen LogP contribution is 2.23. The molecule has 6 heteroatoms. The monoisotopic (exact) mass is 258 g/mol. The Morgan fingerprint density at radius 1 is 1.42 bits per heavy atom. The molecule has 19 heavy (non-hydrogen) atoms. The predicted octanol–water partition coefficient (Wildman–Crippen LogP) is 1.03. The minimum atomic E-state index is -0.121. The normalized spacial score (nSPS) is 14.4. The summed E-state index contributed by atoms with van der Waals surface area (Å²) in [7, 11) is 0. The Kier molecular flexibility index (Phi) is 2.83. The van der Waals surface area contributed by atoms with Crippen LogP contribution in [-0.4, -0.2) is 34.2 Å². The maximum Gasteiger partial charge on any atom is 0.272 e. The zero-order valence-electron chi connectivity index (χ0n) is 10.3. The van der Waals surface area contributed by atoms with Crippen LogP contribution < -0.4 is 10.5 Å². The third kappa shape index (κ3) is 2.24. The number of amides is 1. The number of aromatic nitrogens is 2. The summed E-state index contributed by atoms with van der Waals surface area (Å²) in [5, 5.41) is 6.41. The van der Waals surface area contributed by atoms with E-state index in [-0.39, 0.29) is 5.91 Å². The average molecular weight is 258 g/mol. The zero-order chi connectivity index (χ0) is 13.2. The number of nitrogens with one attached hydrogen (secondary N) is 1. The van der Waals surface area contributed by atoms with Gasteiger partial charge in [0.05, 0.1) is 6.54 Å². The molecule has 0 unspecified atom stereocenters. The number of hydrogen-bond donors (Lipinski definition) is 2. The van der Waals surface area contributed by atoms with Crippen LogP contribution in [0.15, 0.2) is 30.3 Å². The van der Waals surface area contributed by atoms with Crippen LogP contribution in [0.25, 0.3) is 0 Å². The van der Waals surface area contributed by atoms with Crippen molar-refractivity contribution in [2.45, 2.75) is 6.54 Å². The third-order valence-corrected chi connectivity index (χ3v) is 3.07. The van der Waals surface area contributed by atoms with Crippen molar-refractivity contribution in [3.8, 4) is 5.75 Å². The number of carbonyl (C=O) groups excluding carboxylic acids is 1. The number of aromatic amines is 1. The maximum absolute atomic E-state index is 12.3. The molecule has 0 radical (unpaired) electrons. The summed E-state index contributed by atoms with van der Waals surface area (Å²) in [5.41, 5.74) is 6.92. The molecule has 0 fully saturated rings. The number of fused-ring (bicyclic) bond motifs is 1. The molecule has 0 saturated carbocycles. The number of anilines is 1. The van der Waals surface area contributed by atoms with E-state index in [1.165, 1.54) is 0 Å². The SMILES string of the molecule is Nc1cc(C(=O)N2CCOc3ccccc3C2)[nH]n1. The molecule has 1 aliphatic heterocycles. The molecule has 3 N–H and O–H groups in total. The Labute approximate surface area is 110 Å². The van der Waals surface area contributed by atoms with Gasteiger partial charge < -0.3 is 15.4 Å². The summed E-state index contributed by atoms with van der Waals surface area (Å²) in [4.78, 5) is 14.0. The molecule has 3 rings (SSSR count). The molecule has 0 spiro atoms. The lowest BCUT2D eigenvalue weighted by Gasteiger charge is -2.18. The van der Waals surface area contributed by atoms with Crippen LogP contribution in [-0.2, 0) is 6.54 Å². The Bertz CT molecular complexity index is 608. The predicted molar refractivity (Wildman–Crippen MR) is 69.7 cm³/mol. The molecular weight excluding hydrogens is 244 g/mol. The first-order chi connectivity index (χ1) is 9.24. The lowest BCUT2D eigenvalue weighted by molar-refractivity contribution is 0.0727. The van der Waals surface area contributed by atoms with E-state index in [0.29, 0.717) is 31.2 Å². The molecule has 1 aromatic carbocycles. The number of ether oxygens (including phenoxy) is 1. The molecule has 0 aliphatic carbocycles. The number of hydrogen-bond acceptors (Lipinski definition) is 4. The van der Waals surface area contributed by atoms with Gasteiger partial charge in [0.15, 0.2) is 0 Å². The van der Waals surface area contributed by atoms with Crippen molar-refractivity contribution in [2.24, 2.45) is 0 Å². The van der Waals surface area contributed by atoms with E-state index in [4.69, 9.17) is 10.5 Å². The van der Waals surface area contributed by atoms with Crippen molar-refractivity contribution in [3.63, 3.8) is 0 Å². The number of nitrogens with two attached hydrogens (primary N) is 1. The summed E-state index contributed by atoms with van der Waals surface area (Å²) in [6.07, 6.45) is 0. The summed E-state index contributed by atoms with van der Waals surface area (Å²) in [6.45, 7) is 1.53. The summed E-state index contributed by atoms with van der Waals surface area (Å²) < 4.78 is 5.63. The number of benzene rings is 1. The van der Waals surface area contributed by atoms with Crippen LogP contribution in [0.1, 0.15) is 16.1 Å². The molecule has 2 aromatic rings. The van der Waals surface area contributed by atoms with Gasteiger partial charge in [0.2, 0.25) is 0 Å². The molecule has 2 heterocycles. The molecule has 6 nitrogen and oxygen atoms in total. The highest BCUT2D eigenvalue weighted by molar-refractivity contribution is 5.93. The number of carbonyl (C=O) groups is 1. The van der Waals surface area contributed by atoms with Gasteiger partial charge in [0, 0.05) is 18.2 Å². The fourth-order valence-corrected chi connectivity index (χ4v) is 2.12. The first kappa shape index (κ1) is 11.6. The van der Waals surface area contributed by atoms with Crippen molar-refractivity contribution in [1.82, 2.24) is 15.1 Å². The van der Waals surface area contributed by atoms with Crippen LogP contribution in [0.3, 0.4) is 0 Å². The first-order valence-corrected chi connectivity index (χ1v) is 6.05. The number of nitrogens with zero attached hydrogens (tertiary/aromatic N) is 2. The Morgan fingerprint density at radius 3 is 3.05 bits per heavy atom. The second kappa shape index (κ2) is 4.64. The highest BCUT2D eigenvalue weighted by atomic mass is 16.5. The minimum absolute atomic E-state index is 0.121. The average Bonchev–Trinajstić information content (AvgIpc) is 2.74. The molecule has 1 aliphatic rings. The summed E-state index contributed by atoms with van der Waals surface area (Å²) >= 11 is 0. The maximum atomic E-state index is 12.3. The van der Waals surface area contributed by atoms with Gasteiger partial charge in [-0.15, -0.1) is 0 Å². The van der Waals surface area contributed by atoms with E-state index in [1.807, 2.05) is 24.3 Å². The number of nitrogen functional groups attached to an aromatic ring is 1. The van der Waals surface area contributed by atoms with Gasteiger partial charge in [-0.3, -0.25) is 9.89 Å². The standard InChI is InChI=1S/C13H14N4O2/c14-12-7-10(15-16-12)13(18)17-5-6-19-11-4-2-1-3-9(11)8-17/h1-4,7H,5-6,8H2,(H3,14,15,16).